The minimum Gasteiger partial charge on any atom is -0.290 e. The summed E-state index contributed by atoms with van der Waals surface area (Å²) in [6.45, 7) is 1.23. The van der Waals surface area contributed by atoms with Crippen LogP contribution in [0.3, 0.4) is 0 Å². The standard InChI is InChI=1S/C8H9FN2O5S/c1-5-3-6(17(14,15)10-16-2)4-7(8(5)9)11(12)13/h3-4,10H,1-2H3. The number of nitrogens with zero attached hydrogens (tertiary/aromatic N) is 1. The monoisotopic (exact) mass is 264 g/mol. The van der Waals surface area contributed by atoms with Crippen LogP contribution in [0.4, 0.5) is 10.1 Å². The van der Waals surface area contributed by atoms with Crippen LogP contribution in [-0.4, -0.2) is 20.5 Å². The maximum atomic E-state index is 13.3. The Hall–Kier alpha value is -1.58. The van der Waals surface area contributed by atoms with Crippen LogP contribution in [0.5, 0.6) is 0 Å². The van der Waals surface area contributed by atoms with E-state index in [0.717, 1.165) is 13.2 Å². The molecule has 0 aliphatic carbocycles. The van der Waals surface area contributed by atoms with Crippen molar-refractivity contribution in [2.45, 2.75) is 11.8 Å². The summed E-state index contributed by atoms with van der Waals surface area (Å²) in [5.74, 6) is -1.06. The molecule has 94 valence electrons. The van der Waals surface area contributed by atoms with Crippen LogP contribution >= 0.6 is 0 Å². The van der Waals surface area contributed by atoms with Crippen LogP contribution in [0.2, 0.25) is 0 Å². The smallest absolute Gasteiger partial charge is 0.290 e. The molecule has 1 aromatic rings. The average Bonchev–Trinajstić information content (AvgIpc) is 2.21. The van der Waals surface area contributed by atoms with Gasteiger partial charge in [0.1, 0.15) is 0 Å². The molecule has 0 bridgehead atoms. The van der Waals surface area contributed by atoms with E-state index in [1.807, 2.05) is 0 Å². The highest BCUT2D eigenvalue weighted by molar-refractivity contribution is 7.89. The van der Waals surface area contributed by atoms with E-state index in [2.05, 4.69) is 4.84 Å². The molecule has 7 nitrogen and oxygen atoms in total. The molecule has 0 fully saturated rings. The van der Waals surface area contributed by atoms with Crippen molar-refractivity contribution in [2.24, 2.45) is 0 Å². The molecule has 1 N–H and O–H groups in total. The van der Waals surface area contributed by atoms with Crippen LogP contribution in [0.1, 0.15) is 5.56 Å². The van der Waals surface area contributed by atoms with Crippen molar-refractivity contribution >= 4 is 15.7 Å². The summed E-state index contributed by atoms with van der Waals surface area (Å²) >= 11 is 0. The largest absolute Gasteiger partial charge is 0.306 e. The number of aryl methyl sites for hydroxylation is 1. The Kier molecular flexibility index (Phi) is 3.76. The molecule has 9 heteroatoms. The van der Waals surface area contributed by atoms with Crippen molar-refractivity contribution in [3.8, 4) is 0 Å². The first-order valence-electron chi connectivity index (χ1n) is 4.29. The number of halogens is 1. The second-order valence-corrected chi connectivity index (χ2v) is 4.77. The van der Waals surface area contributed by atoms with E-state index < -0.39 is 31.3 Å². The van der Waals surface area contributed by atoms with E-state index in [0.29, 0.717) is 6.07 Å². The van der Waals surface area contributed by atoms with Gasteiger partial charge in [-0.2, -0.15) is 4.39 Å². The molecule has 0 unspecified atom stereocenters. The number of hydrogen-bond donors (Lipinski definition) is 1. The van der Waals surface area contributed by atoms with Gasteiger partial charge in [0.15, 0.2) is 0 Å². The Labute approximate surface area is 96.4 Å². The van der Waals surface area contributed by atoms with Gasteiger partial charge >= 0.3 is 5.69 Å². The highest BCUT2D eigenvalue weighted by Crippen LogP contribution is 2.24. The lowest BCUT2D eigenvalue weighted by Crippen LogP contribution is -2.22. The molecule has 0 heterocycles. The summed E-state index contributed by atoms with van der Waals surface area (Å²) in [5.41, 5.74) is -1.04. The molecule has 1 aromatic carbocycles. The number of rotatable bonds is 4. The van der Waals surface area contributed by atoms with Crippen molar-refractivity contribution in [1.82, 2.24) is 4.89 Å². The molecular weight excluding hydrogens is 255 g/mol. The lowest BCUT2D eigenvalue weighted by molar-refractivity contribution is -0.387. The lowest BCUT2D eigenvalue weighted by Gasteiger charge is -2.06. The normalized spacial score (nSPS) is 11.5. The second-order valence-electron chi connectivity index (χ2n) is 3.12. The minimum absolute atomic E-state index is 0.143. The predicted molar refractivity (Wildman–Crippen MR) is 55.1 cm³/mol. The number of nitro benzene ring substituents is 1. The zero-order chi connectivity index (χ0) is 13.2. The van der Waals surface area contributed by atoms with E-state index >= 15 is 0 Å². The molecule has 0 atom stereocenters. The van der Waals surface area contributed by atoms with Crippen LogP contribution < -0.4 is 4.89 Å². The van der Waals surface area contributed by atoms with Gasteiger partial charge in [-0.1, -0.05) is 4.89 Å². The number of nitrogens with one attached hydrogen (secondary N) is 1. The molecule has 0 aromatic heterocycles. The third-order valence-electron chi connectivity index (χ3n) is 1.91. The molecule has 0 aliphatic rings. The first-order chi connectivity index (χ1) is 7.79. The van der Waals surface area contributed by atoms with Crippen molar-refractivity contribution in [3.05, 3.63) is 33.6 Å². The zero-order valence-corrected chi connectivity index (χ0v) is 9.75. The number of benzene rings is 1. The fourth-order valence-corrected chi connectivity index (χ4v) is 2.08. The van der Waals surface area contributed by atoms with Crippen molar-refractivity contribution in [2.75, 3.05) is 7.11 Å². The maximum Gasteiger partial charge on any atom is 0.306 e. The van der Waals surface area contributed by atoms with Gasteiger partial charge in [0.25, 0.3) is 10.0 Å². The van der Waals surface area contributed by atoms with E-state index in [9.17, 15) is 22.9 Å². The van der Waals surface area contributed by atoms with E-state index in [4.69, 9.17) is 0 Å². The highest BCUT2D eigenvalue weighted by Gasteiger charge is 2.23. The molecule has 0 amide bonds. The Bertz CT molecular complexity index is 557. The molecule has 0 saturated carbocycles. The molecule has 0 aliphatic heterocycles. The van der Waals surface area contributed by atoms with Crippen molar-refractivity contribution < 1.29 is 22.6 Å². The van der Waals surface area contributed by atoms with Gasteiger partial charge in [-0.15, -0.1) is 0 Å². The van der Waals surface area contributed by atoms with Gasteiger partial charge in [0.2, 0.25) is 5.82 Å². The lowest BCUT2D eigenvalue weighted by atomic mass is 10.2. The predicted octanol–water partition coefficient (Wildman–Crippen LogP) is 0.882. The maximum absolute atomic E-state index is 13.3. The van der Waals surface area contributed by atoms with Gasteiger partial charge in [0.05, 0.1) is 16.9 Å². The van der Waals surface area contributed by atoms with Crippen molar-refractivity contribution in [1.29, 1.82) is 0 Å². The second kappa shape index (κ2) is 4.73. The quantitative estimate of drug-likeness (QED) is 0.643. The average molecular weight is 264 g/mol. The van der Waals surface area contributed by atoms with E-state index in [1.165, 1.54) is 6.92 Å². The third-order valence-corrected chi connectivity index (χ3v) is 3.15. The van der Waals surface area contributed by atoms with Gasteiger partial charge in [-0.05, 0) is 18.6 Å². The summed E-state index contributed by atoms with van der Waals surface area (Å²) in [6, 6.07) is 1.60. The van der Waals surface area contributed by atoms with Crippen LogP contribution in [0, 0.1) is 22.9 Å². The summed E-state index contributed by atoms with van der Waals surface area (Å²) in [4.78, 5) is 15.0. The Morgan fingerprint density at radius 2 is 2.06 bits per heavy atom. The Morgan fingerprint density at radius 1 is 1.47 bits per heavy atom. The third kappa shape index (κ3) is 2.75. The SMILES string of the molecule is CONS(=O)(=O)c1cc(C)c(F)c([N+](=O)[O-])c1. The van der Waals surface area contributed by atoms with Gasteiger partial charge in [0, 0.05) is 6.07 Å². The van der Waals surface area contributed by atoms with E-state index in [1.54, 1.807) is 4.89 Å². The van der Waals surface area contributed by atoms with Gasteiger partial charge in [-0.25, -0.2) is 8.42 Å². The minimum atomic E-state index is -4.05. The highest BCUT2D eigenvalue weighted by atomic mass is 32.2. The first-order valence-corrected chi connectivity index (χ1v) is 5.77. The molecular formula is C8H9FN2O5S. The summed E-state index contributed by atoms with van der Waals surface area (Å²) in [7, 11) is -2.98. The molecule has 0 saturated heterocycles. The van der Waals surface area contributed by atoms with E-state index in [-0.39, 0.29) is 5.56 Å². The summed E-state index contributed by atoms with van der Waals surface area (Å²) in [5, 5.41) is 10.5. The first kappa shape index (κ1) is 13.5. The van der Waals surface area contributed by atoms with Crippen LogP contribution in [0.15, 0.2) is 17.0 Å². The topological polar surface area (TPSA) is 98.5 Å². The fourth-order valence-electron chi connectivity index (χ4n) is 1.16. The van der Waals surface area contributed by atoms with Gasteiger partial charge < -0.3 is 0 Å². The van der Waals surface area contributed by atoms with Crippen molar-refractivity contribution in [3.63, 3.8) is 0 Å². The molecule has 1 rings (SSSR count). The zero-order valence-electron chi connectivity index (χ0n) is 8.93. The Balaban J connectivity index is 3.44. The fraction of sp³-hybridized carbons (Fsp3) is 0.250. The Morgan fingerprint density at radius 3 is 2.53 bits per heavy atom. The number of sulfonamides is 1. The molecule has 0 radical (unpaired) electrons. The van der Waals surface area contributed by atoms with Crippen LogP contribution in [-0.2, 0) is 14.9 Å². The number of nitro groups is 1. The molecule has 17 heavy (non-hydrogen) atoms. The molecule has 0 spiro atoms. The summed E-state index contributed by atoms with van der Waals surface area (Å²) in [6.07, 6.45) is 0. The van der Waals surface area contributed by atoms with Gasteiger partial charge in [-0.3, -0.25) is 15.0 Å². The number of hydrogen-bond acceptors (Lipinski definition) is 5. The summed E-state index contributed by atoms with van der Waals surface area (Å²) < 4.78 is 36.3. The van der Waals surface area contributed by atoms with Crippen LogP contribution in [0.25, 0.3) is 0 Å².